The van der Waals surface area contributed by atoms with Gasteiger partial charge in [0.15, 0.2) is 0 Å². The van der Waals surface area contributed by atoms with Crippen molar-refractivity contribution >= 4 is 16.1 Å². The number of hydrogen-bond acceptors (Lipinski definition) is 6. The van der Waals surface area contributed by atoms with Gasteiger partial charge in [-0.15, -0.1) is 0 Å². The summed E-state index contributed by atoms with van der Waals surface area (Å²) >= 11 is 0. The monoisotopic (exact) mass is 295 g/mol. The fourth-order valence-corrected chi connectivity index (χ4v) is 2.41. The minimum Gasteiger partial charge on any atom is -0.411 e. The standard InChI is InChI=1S/C11H21NO6S/c1-6-7-9(12(4)5)11(14,19(15,16)17)18-10(13)8(2)3/h9,14H,2,6-7H2,1,3-5H3,(H,15,16,17). The van der Waals surface area contributed by atoms with Crippen molar-refractivity contribution in [1.29, 1.82) is 0 Å². The molecule has 0 fully saturated rings. The molecule has 0 saturated heterocycles. The molecule has 0 heterocycles. The lowest BCUT2D eigenvalue weighted by molar-refractivity contribution is -0.192. The van der Waals surface area contributed by atoms with Crippen LogP contribution >= 0.6 is 0 Å². The van der Waals surface area contributed by atoms with Crippen molar-refractivity contribution in [2.75, 3.05) is 14.1 Å². The molecule has 2 atom stereocenters. The summed E-state index contributed by atoms with van der Waals surface area (Å²) in [6.45, 7) is 6.36. The Hall–Kier alpha value is -0.960. The molecule has 2 unspecified atom stereocenters. The minimum absolute atomic E-state index is 0.0870. The fourth-order valence-electron chi connectivity index (χ4n) is 1.55. The summed E-state index contributed by atoms with van der Waals surface area (Å²) in [7, 11) is -2.02. The van der Waals surface area contributed by atoms with Crippen LogP contribution in [0.4, 0.5) is 0 Å². The molecule has 7 nitrogen and oxygen atoms in total. The SMILES string of the molecule is C=C(C)C(=O)OC(O)(C(CCC)N(C)C)S(=O)(=O)O. The van der Waals surface area contributed by atoms with E-state index in [1.54, 1.807) is 6.92 Å². The summed E-state index contributed by atoms with van der Waals surface area (Å²) in [6, 6.07) is -1.10. The second-order valence-corrected chi connectivity index (χ2v) is 6.08. The van der Waals surface area contributed by atoms with Gasteiger partial charge in [0.1, 0.15) is 0 Å². The zero-order valence-electron chi connectivity index (χ0n) is 11.6. The third kappa shape index (κ3) is 4.27. The number of ether oxygens (including phenoxy) is 1. The lowest BCUT2D eigenvalue weighted by atomic mass is 10.1. The van der Waals surface area contributed by atoms with Gasteiger partial charge in [-0.1, -0.05) is 19.9 Å². The van der Waals surface area contributed by atoms with E-state index >= 15 is 0 Å². The quantitative estimate of drug-likeness (QED) is 0.302. The molecule has 0 saturated carbocycles. The number of rotatable bonds is 7. The van der Waals surface area contributed by atoms with E-state index in [9.17, 15) is 22.9 Å². The van der Waals surface area contributed by atoms with Gasteiger partial charge in [0.05, 0.1) is 6.04 Å². The summed E-state index contributed by atoms with van der Waals surface area (Å²) in [5, 5.41) is 7.14. The highest BCUT2D eigenvalue weighted by Crippen LogP contribution is 2.27. The molecule has 19 heavy (non-hydrogen) atoms. The Bertz CT molecular complexity index is 444. The molecule has 0 aromatic heterocycles. The van der Waals surface area contributed by atoms with Crippen molar-refractivity contribution in [1.82, 2.24) is 4.90 Å². The first kappa shape index (κ1) is 18.0. The van der Waals surface area contributed by atoms with Crippen molar-refractivity contribution in [3.05, 3.63) is 12.2 Å². The number of carbonyl (C=O) groups is 1. The lowest BCUT2D eigenvalue weighted by Gasteiger charge is -2.36. The maximum Gasteiger partial charge on any atom is 0.356 e. The van der Waals surface area contributed by atoms with Crippen molar-refractivity contribution in [3.63, 3.8) is 0 Å². The highest BCUT2D eigenvalue weighted by Gasteiger charge is 2.53. The Labute approximate surface area is 113 Å². The molecule has 0 aliphatic heterocycles. The Morgan fingerprint density at radius 3 is 2.21 bits per heavy atom. The maximum absolute atomic E-state index is 11.5. The van der Waals surface area contributed by atoms with E-state index in [1.807, 2.05) is 0 Å². The third-order valence-electron chi connectivity index (χ3n) is 2.56. The van der Waals surface area contributed by atoms with E-state index in [4.69, 9.17) is 0 Å². The molecule has 0 aromatic carbocycles. The number of esters is 1. The van der Waals surface area contributed by atoms with Crippen LogP contribution < -0.4 is 0 Å². The van der Waals surface area contributed by atoms with E-state index in [2.05, 4.69) is 11.3 Å². The molecule has 0 amide bonds. The Kier molecular flexibility index (Phi) is 6.14. The summed E-state index contributed by atoms with van der Waals surface area (Å²) in [4.78, 5) is 12.8. The lowest BCUT2D eigenvalue weighted by Crippen LogP contribution is -2.57. The molecular formula is C11H21NO6S. The Morgan fingerprint density at radius 2 is 1.95 bits per heavy atom. The van der Waals surface area contributed by atoms with E-state index in [0.29, 0.717) is 6.42 Å². The summed E-state index contributed by atoms with van der Waals surface area (Å²) in [5.41, 5.74) is -0.0870. The van der Waals surface area contributed by atoms with E-state index < -0.39 is 27.2 Å². The van der Waals surface area contributed by atoms with Crippen LogP contribution in [0.15, 0.2) is 12.2 Å². The number of likely N-dealkylation sites (N-methyl/N-ethyl adjacent to an activating group) is 1. The molecule has 0 aliphatic rings. The highest BCUT2D eigenvalue weighted by molar-refractivity contribution is 7.86. The molecule has 112 valence electrons. The minimum atomic E-state index is -5.03. The van der Waals surface area contributed by atoms with Gasteiger partial charge in [0.2, 0.25) is 0 Å². The van der Waals surface area contributed by atoms with Crippen LogP contribution in [0.2, 0.25) is 0 Å². The van der Waals surface area contributed by atoms with Crippen LogP contribution in [0.5, 0.6) is 0 Å². The first-order chi connectivity index (χ1) is 8.47. The number of hydrogen-bond donors (Lipinski definition) is 2. The van der Waals surface area contributed by atoms with Crippen molar-refractivity contribution in [2.45, 2.75) is 37.9 Å². The van der Waals surface area contributed by atoms with Crippen LogP contribution in [0, 0.1) is 0 Å². The summed E-state index contributed by atoms with van der Waals surface area (Å²) in [6.07, 6.45) is 0.720. The largest absolute Gasteiger partial charge is 0.411 e. The van der Waals surface area contributed by atoms with Gasteiger partial charge in [-0.2, -0.15) is 8.42 Å². The molecule has 0 rings (SSSR count). The maximum atomic E-state index is 11.5. The zero-order valence-corrected chi connectivity index (χ0v) is 12.4. The molecule has 0 bridgehead atoms. The second kappa shape index (κ2) is 6.47. The average Bonchev–Trinajstić information content (AvgIpc) is 2.23. The van der Waals surface area contributed by atoms with Crippen molar-refractivity contribution < 1.29 is 27.6 Å². The Morgan fingerprint density at radius 1 is 1.47 bits per heavy atom. The van der Waals surface area contributed by atoms with Gasteiger partial charge < -0.3 is 9.84 Å². The summed E-state index contributed by atoms with van der Waals surface area (Å²) < 4.78 is 36.6. The third-order valence-corrected chi connectivity index (χ3v) is 3.66. The normalized spacial score (nSPS) is 16.8. The predicted molar refractivity (Wildman–Crippen MR) is 69.8 cm³/mol. The van der Waals surface area contributed by atoms with E-state index in [0.717, 1.165) is 0 Å². The number of carbonyl (C=O) groups excluding carboxylic acids is 1. The molecule has 0 aliphatic carbocycles. The van der Waals surface area contributed by atoms with Crippen LogP contribution in [0.25, 0.3) is 0 Å². The van der Waals surface area contributed by atoms with Crippen molar-refractivity contribution in [3.8, 4) is 0 Å². The Balaban J connectivity index is 5.64. The van der Waals surface area contributed by atoms with E-state index in [-0.39, 0.29) is 12.0 Å². The molecule has 0 radical (unpaired) electrons. The zero-order chi connectivity index (χ0) is 15.4. The summed E-state index contributed by atoms with van der Waals surface area (Å²) in [5.74, 6) is -1.09. The first-order valence-electron chi connectivity index (χ1n) is 5.72. The molecule has 2 N–H and O–H groups in total. The second-order valence-electron chi connectivity index (χ2n) is 4.54. The predicted octanol–water partition coefficient (Wildman–Crippen LogP) is 0.370. The molecular weight excluding hydrogens is 274 g/mol. The highest BCUT2D eigenvalue weighted by atomic mass is 32.2. The van der Waals surface area contributed by atoms with Gasteiger partial charge in [-0.25, -0.2) is 4.79 Å². The van der Waals surface area contributed by atoms with Crippen LogP contribution in [0.1, 0.15) is 26.7 Å². The first-order valence-corrected chi connectivity index (χ1v) is 7.16. The molecule has 0 aromatic rings. The molecule has 8 heteroatoms. The van der Waals surface area contributed by atoms with Crippen LogP contribution in [-0.2, 0) is 19.6 Å². The van der Waals surface area contributed by atoms with Crippen LogP contribution in [0.3, 0.4) is 0 Å². The molecule has 0 spiro atoms. The number of nitrogens with zero attached hydrogens (tertiary/aromatic N) is 1. The smallest absolute Gasteiger partial charge is 0.356 e. The van der Waals surface area contributed by atoms with Gasteiger partial charge >= 0.3 is 21.2 Å². The van der Waals surface area contributed by atoms with E-state index in [1.165, 1.54) is 25.9 Å². The van der Waals surface area contributed by atoms with Gasteiger partial charge in [0.25, 0.3) is 0 Å². The number of aliphatic hydroxyl groups is 1. The van der Waals surface area contributed by atoms with Gasteiger partial charge in [-0.3, -0.25) is 9.45 Å². The van der Waals surface area contributed by atoms with Crippen LogP contribution in [-0.4, -0.2) is 54.2 Å². The average molecular weight is 295 g/mol. The topological polar surface area (TPSA) is 104 Å². The van der Waals surface area contributed by atoms with Gasteiger partial charge in [-0.05, 0) is 27.4 Å². The van der Waals surface area contributed by atoms with Gasteiger partial charge in [0, 0.05) is 5.57 Å². The van der Waals surface area contributed by atoms with Crippen molar-refractivity contribution in [2.24, 2.45) is 0 Å². The fraction of sp³-hybridized carbons (Fsp3) is 0.727.